The van der Waals surface area contributed by atoms with Crippen LogP contribution in [0.2, 0.25) is 0 Å². The minimum absolute atomic E-state index is 0.00624. The Balaban J connectivity index is 1.34. The number of hydrogen-bond acceptors (Lipinski definition) is 4. The second-order valence-electron chi connectivity index (χ2n) is 10.2. The van der Waals surface area contributed by atoms with Crippen LogP contribution in [-0.4, -0.2) is 29.7 Å². The summed E-state index contributed by atoms with van der Waals surface area (Å²) >= 11 is 0. The van der Waals surface area contributed by atoms with E-state index in [9.17, 15) is 0 Å². The van der Waals surface area contributed by atoms with Crippen molar-refractivity contribution in [3.63, 3.8) is 0 Å². The lowest BCUT2D eigenvalue weighted by Gasteiger charge is -2.34. The highest BCUT2D eigenvalue weighted by atomic mass is 16.5. The van der Waals surface area contributed by atoms with Crippen molar-refractivity contribution in [1.82, 2.24) is 4.90 Å². The van der Waals surface area contributed by atoms with E-state index in [2.05, 4.69) is 109 Å². The number of amidine groups is 2. The quantitative estimate of drug-likeness (QED) is 0.391. The summed E-state index contributed by atoms with van der Waals surface area (Å²) < 4.78 is 6.48. The van der Waals surface area contributed by atoms with Crippen molar-refractivity contribution < 1.29 is 4.74 Å². The van der Waals surface area contributed by atoms with Gasteiger partial charge in [-0.3, -0.25) is 0 Å². The maximum Gasteiger partial charge on any atom is 0.159 e. The summed E-state index contributed by atoms with van der Waals surface area (Å²) in [7, 11) is 2.09. The number of fused-ring (bicyclic) bond motifs is 3. The summed E-state index contributed by atoms with van der Waals surface area (Å²) in [5.74, 6) is 3.18. The molecule has 2 aliphatic carbocycles. The summed E-state index contributed by atoms with van der Waals surface area (Å²) in [4.78, 5) is 12.5. The number of hydrogen-bond donors (Lipinski definition) is 0. The van der Waals surface area contributed by atoms with Crippen molar-refractivity contribution in [2.24, 2.45) is 15.9 Å². The molecule has 4 atom stereocenters. The molecule has 3 aromatic rings. The molecule has 0 radical (unpaired) electrons. The fourth-order valence-corrected chi connectivity index (χ4v) is 5.90. The number of allylic oxidation sites excluding steroid dienone is 6. The van der Waals surface area contributed by atoms with Gasteiger partial charge in [0.25, 0.3) is 0 Å². The molecular formula is C34H29N3O. The lowest BCUT2D eigenvalue weighted by molar-refractivity contribution is 0.267. The first-order valence-corrected chi connectivity index (χ1v) is 13.3. The first-order valence-electron chi connectivity index (χ1n) is 13.3. The Hall–Kier alpha value is -4.44. The van der Waals surface area contributed by atoms with E-state index >= 15 is 0 Å². The molecule has 0 saturated carbocycles. The highest BCUT2D eigenvalue weighted by Crippen LogP contribution is 2.48. The van der Waals surface area contributed by atoms with Gasteiger partial charge in [-0.05, 0) is 24.1 Å². The fourth-order valence-electron chi connectivity index (χ4n) is 5.90. The van der Waals surface area contributed by atoms with Crippen LogP contribution >= 0.6 is 0 Å². The first-order chi connectivity index (χ1) is 18.8. The summed E-state index contributed by atoms with van der Waals surface area (Å²) in [5.41, 5.74) is 5.84. The Morgan fingerprint density at radius 3 is 2.39 bits per heavy atom. The van der Waals surface area contributed by atoms with Crippen molar-refractivity contribution in [3.8, 4) is 5.75 Å². The largest absolute Gasteiger partial charge is 0.485 e. The van der Waals surface area contributed by atoms with Gasteiger partial charge >= 0.3 is 0 Å². The number of rotatable bonds is 4. The van der Waals surface area contributed by atoms with Crippen molar-refractivity contribution >= 4 is 11.7 Å². The van der Waals surface area contributed by atoms with E-state index in [0.29, 0.717) is 5.92 Å². The minimum Gasteiger partial charge on any atom is -0.485 e. The van der Waals surface area contributed by atoms with Gasteiger partial charge < -0.3 is 9.64 Å². The van der Waals surface area contributed by atoms with Crippen molar-refractivity contribution in [1.29, 1.82) is 0 Å². The summed E-state index contributed by atoms with van der Waals surface area (Å²) in [6.07, 6.45) is 16.5. The molecule has 0 aromatic heterocycles. The average Bonchev–Trinajstić information content (AvgIpc) is 3.37. The number of ether oxygens (including phenoxy) is 1. The van der Waals surface area contributed by atoms with Gasteiger partial charge in [-0.2, -0.15) is 0 Å². The van der Waals surface area contributed by atoms with E-state index in [1.54, 1.807) is 0 Å². The minimum atomic E-state index is -0.226. The standard InChI is InChI=1S/C34H29N3O/c1-37-33(25-16-9-4-10-17-25)35-32(24-14-7-3-8-15-24)36-34(37)27-18-11-19-30-31(27)28-22-26(20-21-29(28)38-30)23-12-5-2-6-13-23/h2-12,14-23,28-29,34H,13H2,1H3. The van der Waals surface area contributed by atoms with Crippen LogP contribution in [0.5, 0.6) is 5.75 Å². The van der Waals surface area contributed by atoms with Crippen molar-refractivity contribution in [2.75, 3.05) is 7.05 Å². The predicted molar refractivity (Wildman–Crippen MR) is 154 cm³/mol. The van der Waals surface area contributed by atoms with Crippen molar-refractivity contribution in [3.05, 3.63) is 149 Å². The van der Waals surface area contributed by atoms with Gasteiger partial charge in [0.15, 0.2) is 12.0 Å². The number of nitrogens with zero attached hydrogens (tertiary/aromatic N) is 3. The highest BCUT2D eigenvalue weighted by Gasteiger charge is 2.39. The molecular weight excluding hydrogens is 466 g/mol. The van der Waals surface area contributed by atoms with Gasteiger partial charge in [-0.1, -0.05) is 109 Å². The lowest BCUT2D eigenvalue weighted by atomic mass is 9.81. The third-order valence-electron chi connectivity index (χ3n) is 7.81. The average molecular weight is 496 g/mol. The second-order valence-corrected chi connectivity index (χ2v) is 10.2. The smallest absolute Gasteiger partial charge is 0.159 e. The van der Waals surface area contributed by atoms with E-state index in [-0.39, 0.29) is 18.2 Å². The van der Waals surface area contributed by atoms with E-state index in [4.69, 9.17) is 14.7 Å². The second kappa shape index (κ2) is 9.46. The van der Waals surface area contributed by atoms with Gasteiger partial charge in [-0.15, -0.1) is 0 Å². The van der Waals surface area contributed by atoms with Gasteiger partial charge in [0.1, 0.15) is 17.7 Å². The van der Waals surface area contributed by atoms with Crippen LogP contribution in [0.4, 0.5) is 0 Å². The number of benzene rings is 3. The van der Waals surface area contributed by atoms with E-state index < -0.39 is 0 Å². The zero-order chi connectivity index (χ0) is 25.5. The zero-order valence-electron chi connectivity index (χ0n) is 21.3. The van der Waals surface area contributed by atoms with Gasteiger partial charge in [-0.25, -0.2) is 9.98 Å². The van der Waals surface area contributed by atoms with Gasteiger partial charge in [0, 0.05) is 41.1 Å². The van der Waals surface area contributed by atoms with Crippen LogP contribution in [0.1, 0.15) is 40.8 Å². The van der Waals surface area contributed by atoms with E-state index in [1.807, 2.05) is 24.3 Å². The predicted octanol–water partition coefficient (Wildman–Crippen LogP) is 7.00. The molecule has 4 unspecified atom stereocenters. The molecule has 186 valence electrons. The zero-order valence-corrected chi connectivity index (χ0v) is 21.3. The molecule has 0 saturated heterocycles. The molecule has 2 heterocycles. The third-order valence-corrected chi connectivity index (χ3v) is 7.81. The Bertz CT molecular complexity index is 1550. The van der Waals surface area contributed by atoms with Crippen molar-refractivity contribution in [2.45, 2.75) is 24.6 Å². The molecule has 0 bridgehead atoms. The monoisotopic (exact) mass is 495 g/mol. The van der Waals surface area contributed by atoms with Crippen LogP contribution < -0.4 is 4.74 Å². The van der Waals surface area contributed by atoms with Crippen LogP contribution in [0.25, 0.3) is 0 Å². The Morgan fingerprint density at radius 1 is 0.842 bits per heavy atom. The normalized spacial score (nSPS) is 25.2. The van der Waals surface area contributed by atoms with Crippen LogP contribution in [0.3, 0.4) is 0 Å². The molecule has 2 aliphatic heterocycles. The maximum absolute atomic E-state index is 6.48. The topological polar surface area (TPSA) is 37.2 Å². The summed E-state index contributed by atoms with van der Waals surface area (Å²) in [6, 6.07) is 27.0. The molecule has 0 N–H and O–H groups in total. The van der Waals surface area contributed by atoms with Crippen LogP contribution in [-0.2, 0) is 0 Å². The summed E-state index contributed by atoms with van der Waals surface area (Å²) in [5, 5.41) is 0. The maximum atomic E-state index is 6.48. The molecule has 4 nitrogen and oxygen atoms in total. The van der Waals surface area contributed by atoms with E-state index in [0.717, 1.165) is 35.0 Å². The SMILES string of the molecule is CN1C(c2ccccc2)=NC(c2ccccc2)=NC1c1cccc2c1C1C=C(C3C=CC=CC3)C=CC1O2. The Labute approximate surface area is 223 Å². The molecule has 0 spiro atoms. The molecule has 0 amide bonds. The highest BCUT2D eigenvalue weighted by molar-refractivity contribution is 6.12. The summed E-state index contributed by atoms with van der Waals surface area (Å²) in [6.45, 7) is 0. The van der Waals surface area contributed by atoms with Gasteiger partial charge in [0.2, 0.25) is 0 Å². The molecule has 4 heteroatoms. The molecule has 7 rings (SSSR count). The van der Waals surface area contributed by atoms with E-state index in [1.165, 1.54) is 16.7 Å². The lowest BCUT2D eigenvalue weighted by Crippen LogP contribution is -2.36. The molecule has 0 fully saturated rings. The number of aliphatic imine (C=N–C) groups is 2. The molecule has 3 aromatic carbocycles. The van der Waals surface area contributed by atoms with Crippen LogP contribution in [0, 0.1) is 5.92 Å². The van der Waals surface area contributed by atoms with Gasteiger partial charge in [0.05, 0.1) is 0 Å². The first kappa shape index (κ1) is 22.7. The molecule has 38 heavy (non-hydrogen) atoms. The molecule has 4 aliphatic rings. The fraction of sp³-hybridized carbons (Fsp3) is 0.176. The third kappa shape index (κ3) is 3.93. The Morgan fingerprint density at radius 2 is 1.63 bits per heavy atom. The Kier molecular flexibility index (Phi) is 5.66. The van der Waals surface area contributed by atoms with Crippen LogP contribution in [0.15, 0.2) is 137 Å².